The molecular formula is C21H27NO7. The highest BCUT2D eigenvalue weighted by atomic mass is 16.5. The summed E-state index contributed by atoms with van der Waals surface area (Å²) in [7, 11) is 0. The second kappa shape index (κ2) is 7.50. The summed E-state index contributed by atoms with van der Waals surface area (Å²) >= 11 is 0. The Morgan fingerprint density at radius 1 is 1.31 bits per heavy atom. The number of rotatable bonds is 4. The maximum atomic E-state index is 12.4. The van der Waals surface area contributed by atoms with Crippen molar-refractivity contribution in [2.24, 2.45) is 11.8 Å². The molecule has 4 atom stereocenters. The van der Waals surface area contributed by atoms with Gasteiger partial charge < -0.3 is 29.3 Å². The molecule has 0 unspecified atom stereocenters. The van der Waals surface area contributed by atoms with Gasteiger partial charge in [-0.05, 0) is 32.8 Å². The SMILES string of the molecule is CC1(C)Oc2c(O)cccc2[C@@H]2O[C@@H]3CCN(C(=O)COCC(=O)O)C[C@H]3C[C@H]21. The summed E-state index contributed by atoms with van der Waals surface area (Å²) in [6, 6.07) is 5.37. The van der Waals surface area contributed by atoms with Gasteiger partial charge in [-0.3, -0.25) is 4.79 Å². The quantitative estimate of drug-likeness (QED) is 0.789. The first-order chi connectivity index (χ1) is 13.8. The zero-order valence-corrected chi connectivity index (χ0v) is 16.7. The van der Waals surface area contributed by atoms with Crippen LogP contribution in [0.15, 0.2) is 18.2 Å². The third-order valence-electron chi connectivity index (χ3n) is 6.30. The number of nitrogens with zero attached hydrogens (tertiary/aromatic N) is 1. The van der Waals surface area contributed by atoms with Crippen LogP contribution in [0, 0.1) is 11.8 Å². The number of phenols is 1. The lowest BCUT2D eigenvalue weighted by Gasteiger charge is -2.53. The number of benzene rings is 1. The molecular weight excluding hydrogens is 378 g/mol. The number of amides is 1. The van der Waals surface area contributed by atoms with E-state index in [0.717, 1.165) is 12.0 Å². The highest BCUT2D eigenvalue weighted by Gasteiger charge is 2.52. The molecule has 1 aromatic rings. The maximum absolute atomic E-state index is 12.4. The average molecular weight is 405 g/mol. The Labute approximate surface area is 169 Å². The van der Waals surface area contributed by atoms with E-state index in [0.29, 0.717) is 25.3 Å². The first kappa shape index (κ1) is 20.0. The highest BCUT2D eigenvalue weighted by Crippen LogP contribution is 2.54. The van der Waals surface area contributed by atoms with E-state index >= 15 is 0 Å². The van der Waals surface area contributed by atoms with Crippen LogP contribution in [-0.2, 0) is 19.1 Å². The van der Waals surface area contributed by atoms with Crippen LogP contribution in [0.5, 0.6) is 11.5 Å². The van der Waals surface area contributed by atoms with E-state index in [1.165, 1.54) is 0 Å². The summed E-state index contributed by atoms with van der Waals surface area (Å²) < 4.78 is 17.6. The molecule has 0 bridgehead atoms. The maximum Gasteiger partial charge on any atom is 0.329 e. The second-order valence-electron chi connectivity index (χ2n) is 8.61. The van der Waals surface area contributed by atoms with Crippen LogP contribution in [0.1, 0.15) is 38.4 Å². The molecule has 0 radical (unpaired) electrons. The molecule has 8 heteroatoms. The topological polar surface area (TPSA) is 106 Å². The molecule has 8 nitrogen and oxygen atoms in total. The molecule has 0 saturated carbocycles. The number of ether oxygens (including phenoxy) is 3. The summed E-state index contributed by atoms with van der Waals surface area (Å²) in [5.74, 6) is -0.385. The molecule has 1 aromatic carbocycles. The van der Waals surface area contributed by atoms with E-state index in [1.54, 1.807) is 17.0 Å². The standard InChI is InChI=1S/C21H27NO7/c1-21(2)14-8-12-9-22(17(24)10-27-11-18(25)26)7-6-16(12)28-19(14)13-4-3-5-15(23)20(13)29-21/h3-5,12,14,16,19,23H,6-11H2,1-2H3,(H,25,26)/t12-,14-,16-,19+/m1/s1. The number of carbonyl (C=O) groups is 2. The van der Waals surface area contributed by atoms with Crippen molar-refractivity contribution in [3.8, 4) is 11.5 Å². The first-order valence-electron chi connectivity index (χ1n) is 10.00. The van der Waals surface area contributed by atoms with Crippen LogP contribution in [0.3, 0.4) is 0 Å². The van der Waals surface area contributed by atoms with Gasteiger partial charge in [-0.1, -0.05) is 12.1 Å². The van der Waals surface area contributed by atoms with E-state index < -0.39 is 18.2 Å². The van der Waals surface area contributed by atoms with Crippen LogP contribution < -0.4 is 4.74 Å². The number of para-hydroxylation sites is 1. The van der Waals surface area contributed by atoms with Gasteiger partial charge in [0.25, 0.3) is 0 Å². The zero-order chi connectivity index (χ0) is 20.8. The number of phenolic OH excluding ortho intramolecular Hbond substituents is 1. The van der Waals surface area contributed by atoms with Crippen LogP contribution in [-0.4, -0.2) is 65.0 Å². The number of likely N-dealkylation sites (tertiary alicyclic amines) is 1. The summed E-state index contributed by atoms with van der Waals surface area (Å²) in [5.41, 5.74) is 0.367. The van der Waals surface area contributed by atoms with Gasteiger partial charge in [0, 0.05) is 30.5 Å². The van der Waals surface area contributed by atoms with E-state index in [2.05, 4.69) is 0 Å². The lowest BCUT2D eigenvalue weighted by Crippen LogP contribution is -2.56. The molecule has 0 spiro atoms. The normalized spacial score (nSPS) is 29.8. The number of piperidine rings is 1. The predicted molar refractivity (Wildman–Crippen MR) is 102 cm³/mol. The van der Waals surface area contributed by atoms with Gasteiger partial charge >= 0.3 is 5.97 Å². The Kier molecular flexibility index (Phi) is 5.16. The zero-order valence-electron chi connectivity index (χ0n) is 16.7. The van der Waals surface area contributed by atoms with Gasteiger partial charge in [0.15, 0.2) is 11.5 Å². The lowest BCUT2D eigenvalue weighted by atomic mass is 9.70. The molecule has 3 aliphatic heterocycles. The van der Waals surface area contributed by atoms with Gasteiger partial charge in [0.2, 0.25) is 5.91 Å². The molecule has 29 heavy (non-hydrogen) atoms. The predicted octanol–water partition coefficient (Wildman–Crippen LogP) is 1.96. The largest absolute Gasteiger partial charge is 0.504 e. The molecule has 158 valence electrons. The minimum atomic E-state index is -1.09. The number of carboxylic acids is 1. The third kappa shape index (κ3) is 3.79. The van der Waals surface area contributed by atoms with Crippen molar-refractivity contribution in [2.45, 2.75) is 44.5 Å². The van der Waals surface area contributed by atoms with Crippen molar-refractivity contribution in [2.75, 3.05) is 26.3 Å². The highest BCUT2D eigenvalue weighted by molar-refractivity contribution is 5.78. The van der Waals surface area contributed by atoms with Gasteiger partial charge in [-0.25, -0.2) is 4.79 Å². The van der Waals surface area contributed by atoms with Gasteiger partial charge in [-0.2, -0.15) is 0 Å². The smallest absolute Gasteiger partial charge is 0.329 e. The van der Waals surface area contributed by atoms with Gasteiger partial charge in [0.1, 0.15) is 18.8 Å². The fraction of sp³-hybridized carbons (Fsp3) is 0.619. The number of hydrogen-bond donors (Lipinski definition) is 2. The average Bonchev–Trinajstić information content (AvgIpc) is 2.67. The Morgan fingerprint density at radius 2 is 2.10 bits per heavy atom. The second-order valence-corrected chi connectivity index (χ2v) is 8.61. The fourth-order valence-electron chi connectivity index (χ4n) is 4.85. The molecule has 2 N–H and O–H groups in total. The van der Waals surface area contributed by atoms with E-state index in [9.17, 15) is 14.7 Å². The van der Waals surface area contributed by atoms with Crippen LogP contribution in [0.2, 0.25) is 0 Å². The Balaban J connectivity index is 1.47. The van der Waals surface area contributed by atoms with Crippen LogP contribution in [0.25, 0.3) is 0 Å². The number of carboxylic acid groups (broad SMARTS) is 1. The number of aliphatic carboxylic acids is 1. The molecule has 0 aliphatic carbocycles. The Hall–Kier alpha value is -2.32. The van der Waals surface area contributed by atoms with E-state index in [-0.39, 0.29) is 42.3 Å². The van der Waals surface area contributed by atoms with Crippen LogP contribution in [0.4, 0.5) is 0 Å². The van der Waals surface area contributed by atoms with E-state index in [4.69, 9.17) is 19.3 Å². The Bertz CT molecular complexity index is 808. The monoisotopic (exact) mass is 405 g/mol. The summed E-state index contributed by atoms with van der Waals surface area (Å²) in [6.07, 6.45) is 1.44. The minimum absolute atomic E-state index is 0.0318. The first-order valence-corrected chi connectivity index (χ1v) is 10.00. The summed E-state index contributed by atoms with van der Waals surface area (Å²) in [5, 5.41) is 18.9. The van der Waals surface area contributed by atoms with Crippen LogP contribution >= 0.6 is 0 Å². The van der Waals surface area contributed by atoms with E-state index in [1.807, 2.05) is 19.9 Å². The van der Waals surface area contributed by atoms with Crippen molar-refractivity contribution >= 4 is 11.9 Å². The molecule has 1 amide bonds. The number of hydrogen-bond acceptors (Lipinski definition) is 6. The van der Waals surface area contributed by atoms with Crippen molar-refractivity contribution in [3.63, 3.8) is 0 Å². The van der Waals surface area contributed by atoms with Crippen molar-refractivity contribution in [1.82, 2.24) is 4.90 Å². The number of aromatic hydroxyl groups is 1. The molecule has 3 aliphatic rings. The fourth-order valence-corrected chi connectivity index (χ4v) is 4.85. The summed E-state index contributed by atoms with van der Waals surface area (Å²) in [6.45, 7) is 4.44. The minimum Gasteiger partial charge on any atom is -0.504 e. The number of carbonyl (C=O) groups excluding carboxylic acids is 1. The van der Waals surface area contributed by atoms with Crippen molar-refractivity contribution in [3.05, 3.63) is 23.8 Å². The molecule has 2 saturated heterocycles. The van der Waals surface area contributed by atoms with Crippen molar-refractivity contribution < 1.29 is 34.0 Å². The molecule has 4 rings (SSSR count). The summed E-state index contributed by atoms with van der Waals surface area (Å²) in [4.78, 5) is 24.7. The molecule has 3 heterocycles. The molecule has 0 aromatic heterocycles. The third-order valence-corrected chi connectivity index (χ3v) is 6.30. The Morgan fingerprint density at radius 3 is 2.86 bits per heavy atom. The van der Waals surface area contributed by atoms with Gasteiger partial charge in [0.05, 0.1) is 12.2 Å². The van der Waals surface area contributed by atoms with Crippen molar-refractivity contribution in [1.29, 1.82) is 0 Å². The lowest BCUT2D eigenvalue weighted by molar-refractivity contribution is -0.189. The molecule has 2 fully saturated rings. The van der Waals surface area contributed by atoms with Gasteiger partial charge in [-0.15, -0.1) is 0 Å². The number of fused-ring (bicyclic) bond motifs is 4.